The van der Waals surface area contributed by atoms with E-state index in [9.17, 15) is 8.42 Å². The van der Waals surface area contributed by atoms with Gasteiger partial charge in [-0.15, -0.1) is 11.3 Å². The Labute approximate surface area is 154 Å². The second-order valence-electron chi connectivity index (χ2n) is 7.42. The molecule has 2 aliphatic rings. The van der Waals surface area contributed by atoms with Gasteiger partial charge in [-0.3, -0.25) is 4.31 Å². The molecule has 0 radical (unpaired) electrons. The first-order valence-electron chi connectivity index (χ1n) is 8.69. The third kappa shape index (κ3) is 2.62. The summed E-state index contributed by atoms with van der Waals surface area (Å²) in [5.41, 5.74) is 4.10. The SMILES string of the molecule is Cc1ccc2c(c1)[C@H]1CN(C)CC[C@H]1N2S(=O)(=O)c1sc(C)cc1C. The van der Waals surface area contributed by atoms with Gasteiger partial charge in [0.25, 0.3) is 10.0 Å². The minimum Gasteiger partial charge on any atom is -0.306 e. The van der Waals surface area contributed by atoms with E-state index in [0.717, 1.165) is 35.6 Å². The normalized spacial score (nSPS) is 23.6. The van der Waals surface area contributed by atoms with Crippen molar-refractivity contribution < 1.29 is 8.42 Å². The van der Waals surface area contributed by atoms with Gasteiger partial charge in [-0.25, -0.2) is 8.42 Å². The molecule has 0 unspecified atom stereocenters. The van der Waals surface area contributed by atoms with E-state index in [4.69, 9.17) is 0 Å². The molecule has 2 atom stereocenters. The maximum absolute atomic E-state index is 13.6. The molecule has 0 spiro atoms. The third-order valence-corrected chi connectivity index (χ3v) is 8.99. The number of sulfonamides is 1. The summed E-state index contributed by atoms with van der Waals surface area (Å²) in [5, 5.41) is 0. The topological polar surface area (TPSA) is 40.6 Å². The van der Waals surface area contributed by atoms with E-state index in [1.165, 1.54) is 22.5 Å². The van der Waals surface area contributed by atoms with Crippen molar-refractivity contribution in [1.82, 2.24) is 4.90 Å². The number of anilines is 1. The van der Waals surface area contributed by atoms with Crippen LogP contribution in [0.4, 0.5) is 5.69 Å². The van der Waals surface area contributed by atoms with Crippen molar-refractivity contribution >= 4 is 27.0 Å². The van der Waals surface area contributed by atoms with Crippen LogP contribution in [0.25, 0.3) is 0 Å². The lowest BCUT2D eigenvalue weighted by molar-refractivity contribution is 0.237. The summed E-state index contributed by atoms with van der Waals surface area (Å²) in [6.07, 6.45) is 0.873. The van der Waals surface area contributed by atoms with Crippen LogP contribution in [0.5, 0.6) is 0 Å². The van der Waals surface area contributed by atoms with Crippen molar-refractivity contribution in [3.8, 4) is 0 Å². The molecular weight excluding hydrogens is 352 g/mol. The molecule has 134 valence electrons. The quantitative estimate of drug-likeness (QED) is 0.803. The maximum atomic E-state index is 13.6. The molecule has 4 nitrogen and oxygen atoms in total. The van der Waals surface area contributed by atoms with Gasteiger partial charge in [0.05, 0.1) is 11.7 Å². The molecular formula is C19H24N2O2S2. The van der Waals surface area contributed by atoms with Crippen molar-refractivity contribution in [2.45, 2.75) is 43.4 Å². The molecule has 2 aromatic rings. The predicted octanol–water partition coefficient (Wildman–Crippen LogP) is 3.67. The van der Waals surface area contributed by atoms with Crippen LogP contribution in [-0.2, 0) is 10.0 Å². The van der Waals surface area contributed by atoms with E-state index < -0.39 is 10.0 Å². The fourth-order valence-electron chi connectivity index (χ4n) is 4.31. The van der Waals surface area contributed by atoms with Gasteiger partial charge in [-0.1, -0.05) is 17.7 Å². The number of likely N-dealkylation sites (N-methyl/N-ethyl adjacent to an activating group) is 1. The highest BCUT2D eigenvalue weighted by molar-refractivity contribution is 7.94. The summed E-state index contributed by atoms with van der Waals surface area (Å²) in [6, 6.07) is 8.19. The Bertz CT molecular complexity index is 933. The van der Waals surface area contributed by atoms with Crippen LogP contribution in [-0.4, -0.2) is 39.5 Å². The van der Waals surface area contributed by atoms with Gasteiger partial charge in [0.1, 0.15) is 4.21 Å². The highest BCUT2D eigenvalue weighted by atomic mass is 32.2. The fourth-order valence-corrected chi connectivity index (χ4v) is 7.80. The van der Waals surface area contributed by atoms with E-state index in [1.807, 2.05) is 32.0 Å². The van der Waals surface area contributed by atoms with Crippen molar-refractivity contribution in [2.24, 2.45) is 0 Å². The third-order valence-electron chi connectivity index (χ3n) is 5.39. The summed E-state index contributed by atoms with van der Waals surface area (Å²) in [5.74, 6) is 0.254. The molecule has 1 aromatic carbocycles. The molecule has 1 aromatic heterocycles. The number of likely N-dealkylation sites (tertiary alicyclic amines) is 1. The van der Waals surface area contributed by atoms with Crippen molar-refractivity contribution in [1.29, 1.82) is 0 Å². The van der Waals surface area contributed by atoms with Gasteiger partial charge in [0.15, 0.2) is 0 Å². The molecule has 0 amide bonds. The predicted molar refractivity (Wildman–Crippen MR) is 103 cm³/mol. The Morgan fingerprint density at radius 2 is 1.92 bits per heavy atom. The van der Waals surface area contributed by atoms with Crippen molar-refractivity contribution in [3.05, 3.63) is 45.8 Å². The Hall–Kier alpha value is -1.37. The van der Waals surface area contributed by atoms with E-state index in [0.29, 0.717) is 4.21 Å². The summed E-state index contributed by atoms with van der Waals surface area (Å²) in [4.78, 5) is 3.35. The molecule has 2 aliphatic heterocycles. The maximum Gasteiger partial charge on any atom is 0.274 e. The summed E-state index contributed by atoms with van der Waals surface area (Å²) < 4.78 is 29.4. The number of thiophene rings is 1. The molecule has 4 rings (SSSR count). The van der Waals surface area contributed by atoms with Crippen LogP contribution in [0, 0.1) is 20.8 Å². The minimum absolute atomic E-state index is 0.0276. The Morgan fingerprint density at radius 1 is 1.16 bits per heavy atom. The number of hydrogen-bond acceptors (Lipinski definition) is 4. The lowest BCUT2D eigenvalue weighted by Gasteiger charge is -2.36. The molecule has 0 N–H and O–H groups in total. The van der Waals surface area contributed by atoms with Gasteiger partial charge in [-0.05, 0) is 64.0 Å². The second-order valence-corrected chi connectivity index (χ2v) is 10.7. The number of aryl methyl sites for hydroxylation is 3. The zero-order valence-electron chi connectivity index (χ0n) is 15.1. The van der Waals surface area contributed by atoms with Crippen LogP contribution >= 0.6 is 11.3 Å². The van der Waals surface area contributed by atoms with Crippen LogP contribution < -0.4 is 4.31 Å². The summed E-state index contributed by atoms with van der Waals surface area (Å²) in [6.45, 7) is 7.79. The Morgan fingerprint density at radius 3 is 2.60 bits per heavy atom. The van der Waals surface area contributed by atoms with Crippen molar-refractivity contribution in [3.63, 3.8) is 0 Å². The number of hydrogen-bond donors (Lipinski definition) is 0. The number of piperidine rings is 1. The van der Waals surface area contributed by atoms with Gasteiger partial charge < -0.3 is 4.90 Å². The van der Waals surface area contributed by atoms with Gasteiger partial charge >= 0.3 is 0 Å². The minimum atomic E-state index is -3.53. The van der Waals surface area contributed by atoms with E-state index in [1.54, 1.807) is 4.31 Å². The zero-order chi connectivity index (χ0) is 17.9. The van der Waals surface area contributed by atoms with E-state index in [-0.39, 0.29) is 12.0 Å². The molecule has 1 fully saturated rings. The Balaban J connectivity index is 1.88. The molecule has 0 aliphatic carbocycles. The Kier molecular flexibility index (Phi) is 3.98. The molecule has 6 heteroatoms. The first-order chi connectivity index (χ1) is 11.8. The first kappa shape index (κ1) is 17.1. The van der Waals surface area contributed by atoms with E-state index in [2.05, 4.69) is 24.9 Å². The van der Waals surface area contributed by atoms with Crippen LogP contribution in [0.2, 0.25) is 0 Å². The van der Waals surface area contributed by atoms with Gasteiger partial charge in [-0.2, -0.15) is 0 Å². The second kappa shape index (κ2) is 5.83. The van der Waals surface area contributed by atoms with Crippen LogP contribution in [0.15, 0.2) is 28.5 Å². The van der Waals surface area contributed by atoms with Crippen LogP contribution in [0.3, 0.4) is 0 Å². The zero-order valence-corrected chi connectivity index (χ0v) is 16.7. The lowest BCUT2D eigenvalue weighted by atomic mass is 9.89. The average molecular weight is 377 g/mol. The number of nitrogens with zero attached hydrogens (tertiary/aromatic N) is 2. The first-order valence-corrected chi connectivity index (χ1v) is 11.0. The molecule has 3 heterocycles. The fraction of sp³-hybridized carbons (Fsp3) is 0.474. The largest absolute Gasteiger partial charge is 0.306 e. The highest BCUT2D eigenvalue weighted by Crippen LogP contribution is 2.48. The average Bonchev–Trinajstić information content (AvgIpc) is 3.04. The number of benzene rings is 1. The molecule has 1 saturated heterocycles. The molecule has 0 bridgehead atoms. The smallest absolute Gasteiger partial charge is 0.274 e. The summed E-state index contributed by atoms with van der Waals surface area (Å²) >= 11 is 1.39. The van der Waals surface area contributed by atoms with Crippen LogP contribution in [0.1, 0.15) is 33.9 Å². The molecule has 25 heavy (non-hydrogen) atoms. The van der Waals surface area contributed by atoms with Gasteiger partial charge in [0, 0.05) is 17.3 Å². The van der Waals surface area contributed by atoms with Gasteiger partial charge in [0.2, 0.25) is 0 Å². The van der Waals surface area contributed by atoms with Crippen molar-refractivity contribution in [2.75, 3.05) is 24.4 Å². The monoisotopic (exact) mass is 376 g/mol. The molecule has 0 saturated carbocycles. The number of fused-ring (bicyclic) bond motifs is 3. The number of rotatable bonds is 2. The standard InChI is InChI=1S/C19H24N2O2S2/c1-12-5-6-17-15(9-12)16-11-20(4)8-7-18(16)21(17)25(22,23)19-13(2)10-14(3)24-19/h5-6,9-10,16,18H,7-8,11H2,1-4H3/t16-,18-/m1/s1. The lowest BCUT2D eigenvalue weighted by Crippen LogP contribution is -2.47. The summed E-state index contributed by atoms with van der Waals surface area (Å²) in [7, 11) is -1.41. The van der Waals surface area contributed by atoms with E-state index >= 15 is 0 Å². The highest BCUT2D eigenvalue weighted by Gasteiger charge is 2.47.